The highest BCUT2D eigenvalue weighted by Crippen LogP contribution is 2.12. The van der Waals surface area contributed by atoms with E-state index < -0.39 is 5.60 Å². The van der Waals surface area contributed by atoms with Gasteiger partial charge in [0.15, 0.2) is 0 Å². The summed E-state index contributed by atoms with van der Waals surface area (Å²) in [6, 6.07) is 0. The molecule has 0 unspecified atom stereocenters. The van der Waals surface area contributed by atoms with Crippen LogP contribution in [0.25, 0.3) is 0 Å². The van der Waals surface area contributed by atoms with E-state index in [1.54, 1.807) is 24.4 Å². The predicted octanol–water partition coefficient (Wildman–Crippen LogP) is 1.90. The molecule has 14 heavy (non-hydrogen) atoms. The lowest BCUT2D eigenvalue weighted by Gasteiger charge is -2.19. The second-order valence-electron chi connectivity index (χ2n) is 4.03. The van der Waals surface area contributed by atoms with Gasteiger partial charge < -0.3 is 4.74 Å². The minimum atomic E-state index is -0.446. The van der Waals surface area contributed by atoms with Crippen LogP contribution in [0.3, 0.4) is 0 Å². The van der Waals surface area contributed by atoms with Gasteiger partial charge in [-0.3, -0.25) is 4.99 Å². The first-order valence-electron chi connectivity index (χ1n) is 4.59. The zero-order valence-electron chi connectivity index (χ0n) is 8.78. The van der Waals surface area contributed by atoms with Crippen molar-refractivity contribution in [2.45, 2.75) is 26.4 Å². The molecule has 3 heteroatoms. The number of carbonyl (C=O) groups is 1. The van der Waals surface area contributed by atoms with Crippen LogP contribution in [0.4, 0.5) is 0 Å². The maximum atomic E-state index is 11.6. The molecule has 1 heterocycles. The van der Waals surface area contributed by atoms with Gasteiger partial charge in [0.2, 0.25) is 0 Å². The van der Waals surface area contributed by atoms with Crippen LogP contribution in [-0.4, -0.2) is 24.3 Å². The van der Waals surface area contributed by atoms with Gasteiger partial charge in [-0.1, -0.05) is 0 Å². The summed E-state index contributed by atoms with van der Waals surface area (Å²) in [4.78, 5) is 15.6. The monoisotopic (exact) mass is 193 g/mol. The second-order valence-corrected chi connectivity index (χ2v) is 4.03. The molecule has 0 N–H and O–H groups in total. The Morgan fingerprint density at radius 2 is 2.21 bits per heavy atom. The number of aliphatic imine (C=N–C) groups is 1. The second kappa shape index (κ2) is 4.22. The molecule has 76 valence electrons. The van der Waals surface area contributed by atoms with Crippen LogP contribution in [-0.2, 0) is 9.53 Å². The van der Waals surface area contributed by atoms with Crippen molar-refractivity contribution in [3.05, 3.63) is 23.8 Å². The zero-order chi connectivity index (χ0) is 10.6. The van der Waals surface area contributed by atoms with Gasteiger partial charge in [-0.2, -0.15) is 0 Å². The average Bonchev–Trinajstić information content (AvgIpc) is 2.27. The van der Waals surface area contributed by atoms with Crippen molar-refractivity contribution < 1.29 is 9.53 Å². The van der Waals surface area contributed by atoms with E-state index in [-0.39, 0.29) is 5.97 Å². The molecular formula is C11H15NO2. The molecule has 0 atom stereocenters. The van der Waals surface area contributed by atoms with Gasteiger partial charge in [-0.15, -0.1) is 0 Å². The molecule has 0 bridgehead atoms. The summed E-state index contributed by atoms with van der Waals surface area (Å²) in [7, 11) is 0. The Morgan fingerprint density at radius 3 is 2.86 bits per heavy atom. The SMILES string of the molecule is CC(C)(C)OC(=O)C1=CCN=CC=C1. The summed E-state index contributed by atoms with van der Waals surface area (Å²) in [5.41, 5.74) is 0.122. The number of allylic oxidation sites excluding steroid dienone is 1. The molecule has 0 radical (unpaired) electrons. The van der Waals surface area contributed by atoms with Gasteiger partial charge in [0, 0.05) is 6.21 Å². The van der Waals surface area contributed by atoms with Crippen molar-refractivity contribution in [2.24, 2.45) is 4.99 Å². The van der Waals surface area contributed by atoms with E-state index in [2.05, 4.69) is 4.99 Å². The van der Waals surface area contributed by atoms with Crippen LogP contribution in [0.5, 0.6) is 0 Å². The lowest BCUT2D eigenvalue weighted by atomic mass is 10.1. The lowest BCUT2D eigenvalue weighted by molar-refractivity contribution is -0.149. The number of esters is 1. The quantitative estimate of drug-likeness (QED) is 0.596. The van der Waals surface area contributed by atoms with E-state index in [1.165, 1.54) is 0 Å². The first-order valence-corrected chi connectivity index (χ1v) is 4.59. The lowest BCUT2D eigenvalue weighted by Crippen LogP contribution is -2.24. The Balaban J connectivity index is 2.66. The van der Waals surface area contributed by atoms with Crippen molar-refractivity contribution in [1.29, 1.82) is 0 Å². The highest BCUT2D eigenvalue weighted by Gasteiger charge is 2.18. The molecular weight excluding hydrogens is 178 g/mol. The van der Waals surface area contributed by atoms with Gasteiger partial charge in [0.25, 0.3) is 0 Å². The Morgan fingerprint density at radius 1 is 1.50 bits per heavy atom. The van der Waals surface area contributed by atoms with Crippen LogP contribution in [0.1, 0.15) is 20.8 Å². The van der Waals surface area contributed by atoms with E-state index in [0.29, 0.717) is 12.1 Å². The molecule has 0 fully saturated rings. The zero-order valence-corrected chi connectivity index (χ0v) is 8.78. The van der Waals surface area contributed by atoms with Crippen molar-refractivity contribution in [3.63, 3.8) is 0 Å². The van der Waals surface area contributed by atoms with E-state index >= 15 is 0 Å². The minimum Gasteiger partial charge on any atom is -0.456 e. The molecule has 0 amide bonds. The van der Waals surface area contributed by atoms with Crippen molar-refractivity contribution >= 4 is 12.2 Å². The molecule has 0 aromatic carbocycles. The third kappa shape index (κ3) is 3.56. The maximum absolute atomic E-state index is 11.6. The fourth-order valence-corrected chi connectivity index (χ4v) is 0.976. The van der Waals surface area contributed by atoms with Gasteiger partial charge >= 0.3 is 5.97 Å². The largest absolute Gasteiger partial charge is 0.456 e. The minimum absolute atomic E-state index is 0.292. The Kier molecular flexibility index (Phi) is 3.23. The maximum Gasteiger partial charge on any atom is 0.338 e. The Hall–Kier alpha value is -1.38. The van der Waals surface area contributed by atoms with Crippen molar-refractivity contribution in [1.82, 2.24) is 0 Å². The molecule has 1 aliphatic rings. The van der Waals surface area contributed by atoms with Crippen LogP contribution >= 0.6 is 0 Å². The topological polar surface area (TPSA) is 38.7 Å². The summed E-state index contributed by atoms with van der Waals surface area (Å²) in [5.74, 6) is -0.292. The molecule has 3 nitrogen and oxygen atoms in total. The van der Waals surface area contributed by atoms with E-state index in [9.17, 15) is 4.79 Å². The number of hydrogen-bond acceptors (Lipinski definition) is 3. The van der Waals surface area contributed by atoms with Gasteiger partial charge in [0.05, 0.1) is 12.1 Å². The van der Waals surface area contributed by atoms with Gasteiger partial charge in [-0.25, -0.2) is 4.79 Å². The van der Waals surface area contributed by atoms with Crippen LogP contribution in [0.2, 0.25) is 0 Å². The summed E-state index contributed by atoms with van der Waals surface area (Å²) in [5, 5.41) is 0. The van der Waals surface area contributed by atoms with Crippen molar-refractivity contribution in [2.75, 3.05) is 6.54 Å². The fraction of sp³-hybridized carbons (Fsp3) is 0.455. The first kappa shape index (κ1) is 10.7. The highest BCUT2D eigenvalue weighted by molar-refractivity contribution is 5.93. The molecule has 0 aromatic rings. The summed E-state index contributed by atoms with van der Waals surface area (Å²) in [6.45, 7) is 6.08. The molecule has 1 aliphatic heterocycles. The highest BCUT2D eigenvalue weighted by atomic mass is 16.6. The van der Waals surface area contributed by atoms with Crippen molar-refractivity contribution in [3.8, 4) is 0 Å². The standard InChI is InChI=1S/C11H15NO2/c1-11(2,3)14-10(13)9-5-4-7-12-8-6-9/h4-7H,8H2,1-3H3. The summed E-state index contributed by atoms with van der Waals surface area (Å²) in [6.07, 6.45) is 6.88. The fourth-order valence-electron chi connectivity index (χ4n) is 0.976. The smallest absolute Gasteiger partial charge is 0.338 e. The van der Waals surface area contributed by atoms with Crippen LogP contribution < -0.4 is 0 Å². The third-order valence-corrected chi connectivity index (χ3v) is 1.52. The number of ether oxygens (including phenoxy) is 1. The van der Waals surface area contributed by atoms with Crippen LogP contribution in [0, 0.1) is 0 Å². The predicted molar refractivity (Wildman–Crippen MR) is 56.4 cm³/mol. The van der Waals surface area contributed by atoms with E-state index in [0.717, 1.165) is 0 Å². The molecule has 0 saturated carbocycles. The first-order chi connectivity index (χ1) is 6.49. The molecule has 1 rings (SSSR count). The summed E-state index contributed by atoms with van der Waals surface area (Å²) < 4.78 is 5.22. The Labute approximate surface area is 84.2 Å². The Bertz CT molecular complexity index is 306. The molecule has 0 aliphatic carbocycles. The van der Waals surface area contributed by atoms with Crippen LogP contribution in [0.15, 0.2) is 28.8 Å². The molecule has 0 saturated heterocycles. The summed E-state index contributed by atoms with van der Waals surface area (Å²) >= 11 is 0. The number of hydrogen-bond donors (Lipinski definition) is 0. The normalized spacial score (nSPS) is 16.1. The third-order valence-electron chi connectivity index (χ3n) is 1.52. The number of rotatable bonds is 1. The molecule has 0 spiro atoms. The number of nitrogens with zero attached hydrogens (tertiary/aromatic N) is 1. The number of carbonyl (C=O) groups excluding carboxylic acids is 1. The average molecular weight is 193 g/mol. The molecule has 0 aromatic heterocycles. The van der Waals surface area contributed by atoms with E-state index in [4.69, 9.17) is 4.74 Å². The van der Waals surface area contributed by atoms with Gasteiger partial charge in [-0.05, 0) is 39.0 Å². The van der Waals surface area contributed by atoms with Gasteiger partial charge in [0.1, 0.15) is 5.60 Å². The van der Waals surface area contributed by atoms with E-state index in [1.807, 2.05) is 20.8 Å².